The number of sulfonamides is 1. The van der Waals surface area contributed by atoms with Crippen molar-refractivity contribution in [2.45, 2.75) is 30.7 Å². The number of nitrogens with one attached hydrogen (secondary N) is 2. The summed E-state index contributed by atoms with van der Waals surface area (Å²) in [7, 11) is -1.75. The molecule has 2 aromatic heterocycles. The minimum atomic E-state index is -3.55. The van der Waals surface area contributed by atoms with Gasteiger partial charge in [0.15, 0.2) is 5.65 Å². The molecule has 1 fully saturated rings. The van der Waals surface area contributed by atoms with Crippen molar-refractivity contribution in [1.29, 1.82) is 0 Å². The van der Waals surface area contributed by atoms with Crippen LogP contribution in [0.15, 0.2) is 17.2 Å². The van der Waals surface area contributed by atoms with Crippen molar-refractivity contribution >= 4 is 33.5 Å². The fraction of sp³-hybridized carbons (Fsp3) is 0.538. The molecular weight excluding hydrogens is 326 g/mol. The molecule has 0 aliphatic carbocycles. The Morgan fingerprint density at radius 1 is 1.45 bits per heavy atom. The van der Waals surface area contributed by atoms with E-state index in [4.69, 9.17) is 0 Å². The van der Waals surface area contributed by atoms with Gasteiger partial charge in [-0.1, -0.05) is 0 Å². The standard InChI is InChI=1S/C13H19N5O2S.ClH/c1-9-12-6-11(8-15-13(12)18(2)16-9)21(19,20)17-10-4-3-5-14-7-10;/h6,8,10,14,17H,3-5,7H2,1-2H3;1H. The van der Waals surface area contributed by atoms with E-state index in [0.29, 0.717) is 12.2 Å². The fourth-order valence-electron chi connectivity index (χ4n) is 2.68. The number of rotatable bonds is 3. The normalized spacial score (nSPS) is 19.1. The van der Waals surface area contributed by atoms with Crippen LogP contribution in [0.3, 0.4) is 0 Å². The lowest BCUT2D eigenvalue weighted by Crippen LogP contribution is -2.45. The summed E-state index contributed by atoms with van der Waals surface area (Å²) in [6.07, 6.45) is 3.22. The number of nitrogens with zero attached hydrogens (tertiary/aromatic N) is 3. The van der Waals surface area contributed by atoms with Crippen molar-refractivity contribution in [1.82, 2.24) is 24.8 Å². The second kappa shape index (κ2) is 6.49. The molecule has 1 aliphatic heterocycles. The largest absolute Gasteiger partial charge is 0.315 e. The Labute approximate surface area is 136 Å². The first kappa shape index (κ1) is 17.1. The zero-order valence-corrected chi connectivity index (χ0v) is 14.2. The van der Waals surface area contributed by atoms with Crippen LogP contribution >= 0.6 is 12.4 Å². The van der Waals surface area contributed by atoms with Gasteiger partial charge in [-0.15, -0.1) is 12.4 Å². The summed E-state index contributed by atoms with van der Waals surface area (Å²) < 4.78 is 29.3. The van der Waals surface area contributed by atoms with Crippen molar-refractivity contribution in [2.24, 2.45) is 7.05 Å². The van der Waals surface area contributed by atoms with Gasteiger partial charge in [0, 0.05) is 31.2 Å². The molecule has 7 nitrogen and oxygen atoms in total. The van der Waals surface area contributed by atoms with E-state index < -0.39 is 10.0 Å². The Balaban J connectivity index is 0.00000176. The summed E-state index contributed by atoms with van der Waals surface area (Å²) in [4.78, 5) is 4.42. The van der Waals surface area contributed by atoms with Gasteiger partial charge in [0.25, 0.3) is 0 Å². The van der Waals surface area contributed by atoms with Crippen LogP contribution in [0.2, 0.25) is 0 Å². The van der Waals surface area contributed by atoms with E-state index in [1.165, 1.54) is 6.20 Å². The summed E-state index contributed by atoms with van der Waals surface area (Å²) in [5.41, 5.74) is 1.46. The zero-order chi connectivity index (χ0) is 15.0. The van der Waals surface area contributed by atoms with Crippen molar-refractivity contribution in [3.05, 3.63) is 18.0 Å². The highest BCUT2D eigenvalue weighted by Crippen LogP contribution is 2.19. The van der Waals surface area contributed by atoms with E-state index in [1.54, 1.807) is 17.8 Å². The molecule has 0 radical (unpaired) electrons. The molecule has 1 unspecified atom stereocenters. The number of aryl methyl sites for hydroxylation is 2. The number of hydrogen-bond acceptors (Lipinski definition) is 5. The van der Waals surface area contributed by atoms with Crippen LogP contribution in [0.4, 0.5) is 0 Å². The van der Waals surface area contributed by atoms with Crippen molar-refractivity contribution in [3.63, 3.8) is 0 Å². The Morgan fingerprint density at radius 2 is 2.23 bits per heavy atom. The van der Waals surface area contributed by atoms with E-state index >= 15 is 0 Å². The topological polar surface area (TPSA) is 88.9 Å². The molecule has 0 saturated carbocycles. The lowest BCUT2D eigenvalue weighted by Gasteiger charge is -2.23. The Hall–Kier alpha value is -1.22. The van der Waals surface area contributed by atoms with Gasteiger partial charge < -0.3 is 5.32 Å². The van der Waals surface area contributed by atoms with Gasteiger partial charge in [-0.05, 0) is 32.4 Å². The molecule has 0 aromatic carbocycles. The van der Waals surface area contributed by atoms with Gasteiger partial charge >= 0.3 is 0 Å². The minimum absolute atomic E-state index is 0. The third-order valence-corrected chi connectivity index (χ3v) is 5.25. The Kier molecular flexibility index (Phi) is 5.06. The van der Waals surface area contributed by atoms with Gasteiger partial charge in [-0.25, -0.2) is 18.1 Å². The van der Waals surface area contributed by atoms with Crippen LogP contribution in [0.5, 0.6) is 0 Å². The van der Waals surface area contributed by atoms with Crippen molar-refractivity contribution < 1.29 is 8.42 Å². The molecule has 0 spiro atoms. The molecule has 22 heavy (non-hydrogen) atoms. The quantitative estimate of drug-likeness (QED) is 0.856. The van der Waals surface area contributed by atoms with E-state index in [-0.39, 0.29) is 23.3 Å². The highest BCUT2D eigenvalue weighted by molar-refractivity contribution is 7.89. The lowest BCUT2D eigenvalue weighted by molar-refractivity contribution is 0.428. The van der Waals surface area contributed by atoms with E-state index in [1.807, 2.05) is 6.92 Å². The van der Waals surface area contributed by atoms with Crippen molar-refractivity contribution in [2.75, 3.05) is 13.1 Å². The number of hydrogen-bond donors (Lipinski definition) is 2. The number of halogens is 1. The monoisotopic (exact) mass is 345 g/mol. The van der Waals surface area contributed by atoms with Gasteiger partial charge in [-0.2, -0.15) is 5.10 Å². The van der Waals surface area contributed by atoms with Gasteiger partial charge in [-0.3, -0.25) is 4.68 Å². The number of aromatic nitrogens is 3. The molecular formula is C13H20ClN5O2S. The molecule has 2 aromatic rings. The number of piperidine rings is 1. The van der Waals surface area contributed by atoms with Gasteiger partial charge in [0.1, 0.15) is 4.90 Å². The zero-order valence-electron chi connectivity index (χ0n) is 12.5. The van der Waals surface area contributed by atoms with Crippen LogP contribution in [-0.2, 0) is 17.1 Å². The average Bonchev–Trinajstić information content (AvgIpc) is 2.74. The maximum atomic E-state index is 12.5. The second-order valence-corrected chi connectivity index (χ2v) is 7.13. The van der Waals surface area contributed by atoms with Crippen LogP contribution < -0.4 is 10.0 Å². The molecule has 0 bridgehead atoms. The Morgan fingerprint density at radius 3 is 2.91 bits per heavy atom. The predicted molar refractivity (Wildman–Crippen MR) is 86.7 cm³/mol. The van der Waals surface area contributed by atoms with Gasteiger partial charge in [0.05, 0.1) is 5.69 Å². The summed E-state index contributed by atoms with van der Waals surface area (Å²) in [5, 5.41) is 8.22. The summed E-state index contributed by atoms with van der Waals surface area (Å²) in [6.45, 7) is 3.46. The number of fused-ring (bicyclic) bond motifs is 1. The third kappa shape index (κ3) is 3.24. The molecule has 1 saturated heterocycles. The van der Waals surface area contributed by atoms with Gasteiger partial charge in [0.2, 0.25) is 10.0 Å². The minimum Gasteiger partial charge on any atom is -0.315 e. The molecule has 3 rings (SSSR count). The first-order valence-corrected chi connectivity index (χ1v) is 8.48. The third-order valence-electron chi connectivity index (χ3n) is 3.77. The summed E-state index contributed by atoms with van der Waals surface area (Å²) in [6, 6.07) is 1.58. The van der Waals surface area contributed by atoms with Crippen LogP contribution in [0.1, 0.15) is 18.5 Å². The molecule has 0 amide bonds. The summed E-state index contributed by atoms with van der Waals surface area (Å²) >= 11 is 0. The molecule has 122 valence electrons. The molecule has 9 heteroatoms. The highest BCUT2D eigenvalue weighted by Gasteiger charge is 2.23. The van der Waals surface area contributed by atoms with E-state index in [2.05, 4.69) is 20.1 Å². The number of pyridine rings is 1. The molecule has 2 N–H and O–H groups in total. The maximum Gasteiger partial charge on any atom is 0.242 e. The SMILES string of the molecule is Cc1nn(C)c2ncc(S(=O)(=O)NC3CCCNC3)cc12.Cl. The Bertz CT molecular complexity index is 768. The van der Waals surface area contributed by atoms with E-state index in [9.17, 15) is 8.42 Å². The maximum absolute atomic E-state index is 12.5. The summed E-state index contributed by atoms with van der Waals surface area (Å²) in [5.74, 6) is 0. The van der Waals surface area contributed by atoms with Crippen LogP contribution in [0.25, 0.3) is 11.0 Å². The van der Waals surface area contributed by atoms with E-state index in [0.717, 1.165) is 30.5 Å². The molecule has 1 aliphatic rings. The smallest absolute Gasteiger partial charge is 0.242 e. The van der Waals surface area contributed by atoms with Crippen LogP contribution in [0, 0.1) is 6.92 Å². The lowest BCUT2D eigenvalue weighted by atomic mass is 10.1. The first-order valence-electron chi connectivity index (χ1n) is 7.00. The molecule has 3 heterocycles. The molecule has 1 atom stereocenters. The predicted octanol–water partition coefficient (Wildman–Crippen LogP) is 0.729. The highest BCUT2D eigenvalue weighted by atomic mass is 35.5. The van der Waals surface area contributed by atoms with Crippen LogP contribution in [-0.4, -0.2) is 42.3 Å². The average molecular weight is 346 g/mol. The first-order chi connectivity index (χ1) is 9.97. The van der Waals surface area contributed by atoms with Crippen molar-refractivity contribution in [3.8, 4) is 0 Å². The fourth-order valence-corrected chi connectivity index (χ4v) is 3.92. The second-order valence-electron chi connectivity index (χ2n) is 5.42.